The van der Waals surface area contributed by atoms with Gasteiger partial charge in [-0.3, -0.25) is 4.57 Å². The Balaban J connectivity index is 0.00000480. The van der Waals surface area contributed by atoms with E-state index in [1.54, 1.807) is 12.3 Å². The summed E-state index contributed by atoms with van der Waals surface area (Å²) in [5.74, 6) is 1.67. The van der Waals surface area contributed by atoms with Crippen LogP contribution < -0.4 is 0 Å². The molecule has 1 aliphatic carbocycles. The summed E-state index contributed by atoms with van der Waals surface area (Å²) in [6.07, 6.45) is 1.77. The molecule has 1 aliphatic heterocycles. The fourth-order valence-corrected chi connectivity index (χ4v) is 11.9. The third-order valence-corrected chi connectivity index (χ3v) is 15.4. The predicted octanol–water partition coefficient (Wildman–Crippen LogP) is 13.6. The Bertz CT molecular complexity index is 3910. The molecule has 0 amide bonds. The van der Waals surface area contributed by atoms with Crippen molar-refractivity contribution in [3.8, 4) is 84.5 Å². The van der Waals surface area contributed by atoms with Crippen LogP contribution in [0.5, 0.6) is 0 Å². The van der Waals surface area contributed by atoms with Crippen LogP contribution in [0.1, 0.15) is 25.0 Å². The number of nitrogens with zero attached hydrogens (tertiary/aromatic N) is 5. The van der Waals surface area contributed by atoms with Crippen LogP contribution in [0.4, 0.5) is 0 Å². The normalized spacial score (nSPS) is 13.7. The van der Waals surface area contributed by atoms with Crippen molar-refractivity contribution < 1.29 is 28.5 Å². The molecule has 9 heteroatoms. The summed E-state index contributed by atoms with van der Waals surface area (Å²) >= 11 is 0. The molecular weight excluding hydrogens is 1030 g/mol. The minimum Gasteiger partial charge on any atom is -0.305 e. The Morgan fingerprint density at radius 1 is 0.485 bits per heavy atom. The second kappa shape index (κ2) is 15.7. The molecule has 327 valence electrons. The van der Waals surface area contributed by atoms with Crippen molar-refractivity contribution in [1.29, 1.82) is 0 Å². The second-order valence-electron chi connectivity index (χ2n) is 17.8. The van der Waals surface area contributed by atoms with Crippen molar-refractivity contribution >= 4 is 31.6 Å². The van der Waals surface area contributed by atoms with Gasteiger partial charge >= 0.3 is 0 Å². The van der Waals surface area contributed by atoms with E-state index in [9.17, 15) is 8.42 Å². The first kappa shape index (κ1) is 41.7. The molecule has 2 aliphatic rings. The molecule has 11 aromatic rings. The van der Waals surface area contributed by atoms with Gasteiger partial charge in [0.25, 0.3) is 0 Å². The fourth-order valence-electron chi connectivity index (χ4n) is 10.2. The average Bonchev–Trinajstić information content (AvgIpc) is 3.91. The molecule has 0 N–H and O–H groups in total. The Morgan fingerprint density at radius 3 is 1.88 bits per heavy atom. The standard InChI is InChI=1S/C59H38N5O2S.Ir/c1-59(2)49-21-10-9-20-43(49)45-34-47-46-31-39(24-27-52(46)64(53(47)35-50(45)59)58-62-56(36-14-5-3-6-15-36)61-57(63-58)37-16-7-4-8-17-37)41-23-26-44-48-32-40(25-28-54(48)67(65,66)55(44)33-41)38-18-13-19-42(30-38)51-22-11-12-29-60-51;/h3-18,20-35H,1-2H3;/q-1;. The van der Waals surface area contributed by atoms with Crippen LogP contribution in [-0.2, 0) is 35.4 Å². The Hall–Kier alpha value is -7.68. The number of sulfone groups is 1. The van der Waals surface area contributed by atoms with Crippen molar-refractivity contribution in [2.75, 3.05) is 0 Å². The van der Waals surface area contributed by atoms with Gasteiger partial charge in [-0.15, -0.1) is 35.4 Å². The topological polar surface area (TPSA) is 90.6 Å². The van der Waals surface area contributed by atoms with E-state index in [2.05, 4.69) is 84.1 Å². The van der Waals surface area contributed by atoms with Gasteiger partial charge in [0.15, 0.2) is 11.6 Å². The monoisotopic (exact) mass is 1070 g/mol. The molecule has 0 unspecified atom stereocenters. The summed E-state index contributed by atoms with van der Waals surface area (Å²) in [4.78, 5) is 20.6. The maximum Gasteiger partial charge on any atom is 0.238 e. The molecule has 3 aromatic heterocycles. The van der Waals surface area contributed by atoms with E-state index in [1.807, 2.05) is 127 Å². The SMILES string of the molecule is CC1(C)c2ccccc2-c2cc3c4cc(-c5ccc6c(c5)S(=O)(=O)c5ccc(-c7cc[c-]c(-c8ccccn8)c7)cc5-6)ccc4n(-c4nc(-c5ccccc5)nc(-c5ccccc5)n4)c3cc21.[Ir]. The van der Waals surface area contributed by atoms with Crippen molar-refractivity contribution in [2.45, 2.75) is 29.1 Å². The van der Waals surface area contributed by atoms with Gasteiger partial charge in [-0.1, -0.05) is 135 Å². The van der Waals surface area contributed by atoms with Crippen molar-refractivity contribution in [1.82, 2.24) is 24.5 Å². The summed E-state index contributed by atoms with van der Waals surface area (Å²) in [5.41, 5.74) is 15.1. The summed E-state index contributed by atoms with van der Waals surface area (Å²) in [5, 5.41) is 2.05. The van der Waals surface area contributed by atoms with E-state index in [1.165, 1.54) is 22.3 Å². The molecule has 7 nitrogen and oxygen atoms in total. The molecule has 1 radical (unpaired) electrons. The van der Waals surface area contributed by atoms with Gasteiger partial charge in [0.1, 0.15) is 0 Å². The first-order valence-corrected chi connectivity index (χ1v) is 23.8. The minimum atomic E-state index is -3.80. The van der Waals surface area contributed by atoms with Gasteiger partial charge in [-0.25, -0.2) is 13.4 Å². The number of rotatable bonds is 6. The fraction of sp³-hybridized carbons (Fsp3) is 0.0508. The largest absolute Gasteiger partial charge is 0.305 e. The molecule has 8 aromatic carbocycles. The van der Waals surface area contributed by atoms with Crippen LogP contribution in [0.25, 0.3) is 106 Å². The van der Waals surface area contributed by atoms with Crippen molar-refractivity contribution in [2.24, 2.45) is 0 Å². The number of hydrogen-bond acceptors (Lipinski definition) is 6. The second-order valence-corrected chi connectivity index (χ2v) is 19.7. The van der Waals surface area contributed by atoms with E-state index in [4.69, 9.17) is 15.0 Å². The van der Waals surface area contributed by atoms with Crippen LogP contribution in [0, 0.1) is 6.07 Å². The molecule has 68 heavy (non-hydrogen) atoms. The molecule has 0 atom stereocenters. The smallest absolute Gasteiger partial charge is 0.238 e. The number of aromatic nitrogens is 5. The van der Waals surface area contributed by atoms with Gasteiger partial charge in [0, 0.05) is 64.7 Å². The zero-order valence-corrected chi connectivity index (χ0v) is 40.0. The average molecular weight is 1070 g/mol. The number of hydrogen-bond donors (Lipinski definition) is 0. The van der Waals surface area contributed by atoms with Crippen LogP contribution >= 0.6 is 0 Å². The van der Waals surface area contributed by atoms with Crippen LogP contribution in [0.15, 0.2) is 204 Å². The number of benzene rings is 8. The molecule has 0 spiro atoms. The summed E-state index contributed by atoms with van der Waals surface area (Å²) < 4.78 is 30.9. The van der Waals surface area contributed by atoms with Crippen molar-refractivity contribution in [3.63, 3.8) is 0 Å². The third-order valence-electron chi connectivity index (χ3n) is 13.6. The molecule has 13 rings (SSSR count). The number of pyridine rings is 1. The van der Waals surface area contributed by atoms with E-state index in [0.717, 1.165) is 66.4 Å². The molecule has 0 fully saturated rings. The molecular formula is C59H38IrN5O2S-. The van der Waals surface area contributed by atoms with E-state index >= 15 is 0 Å². The van der Waals surface area contributed by atoms with E-state index in [0.29, 0.717) is 38.5 Å². The van der Waals surface area contributed by atoms with Crippen LogP contribution in [0.3, 0.4) is 0 Å². The zero-order valence-electron chi connectivity index (χ0n) is 36.8. The van der Waals surface area contributed by atoms with Crippen LogP contribution in [-0.4, -0.2) is 32.9 Å². The molecule has 4 heterocycles. The minimum absolute atomic E-state index is 0. The Labute approximate surface area is 407 Å². The Morgan fingerprint density at radius 2 is 1.13 bits per heavy atom. The summed E-state index contributed by atoms with van der Waals surface area (Å²) in [6.45, 7) is 4.58. The van der Waals surface area contributed by atoms with Gasteiger partial charge in [0.2, 0.25) is 15.8 Å². The molecule has 0 bridgehead atoms. The van der Waals surface area contributed by atoms with E-state index in [-0.39, 0.29) is 25.5 Å². The maximum atomic E-state index is 14.4. The zero-order chi connectivity index (χ0) is 45.0. The summed E-state index contributed by atoms with van der Waals surface area (Å²) in [6, 6.07) is 66.2. The maximum absolute atomic E-state index is 14.4. The number of fused-ring (bicyclic) bond motifs is 9. The molecule has 0 saturated carbocycles. The van der Waals surface area contributed by atoms with Gasteiger partial charge in [0.05, 0.1) is 20.8 Å². The Kier molecular flexibility index (Phi) is 9.64. The van der Waals surface area contributed by atoms with Crippen molar-refractivity contribution in [3.05, 3.63) is 211 Å². The first-order chi connectivity index (χ1) is 32.7. The summed E-state index contributed by atoms with van der Waals surface area (Å²) in [7, 11) is -3.80. The van der Waals surface area contributed by atoms with Gasteiger partial charge in [-0.2, -0.15) is 9.97 Å². The van der Waals surface area contributed by atoms with Gasteiger partial charge in [-0.05, 0) is 93.2 Å². The van der Waals surface area contributed by atoms with Gasteiger partial charge < -0.3 is 4.98 Å². The quantitative estimate of drug-likeness (QED) is 0.154. The van der Waals surface area contributed by atoms with Crippen LogP contribution in [0.2, 0.25) is 0 Å². The predicted molar refractivity (Wildman–Crippen MR) is 266 cm³/mol. The molecule has 0 saturated heterocycles. The third kappa shape index (κ3) is 6.45. The van der Waals surface area contributed by atoms with E-state index < -0.39 is 9.84 Å². The first-order valence-electron chi connectivity index (χ1n) is 22.3.